The largest absolute Gasteiger partial charge is 0.246 e. The van der Waals surface area contributed by atoms with Gasteiger partial charge in [0.15, 0.2) is 0 Å². The van der Waals surface area contributed by atoms with Gasteiger partial charge >= 0.3 is 0 Å². The summed E-state index contributed by atoms with van der Waals surface area (Å²) in [5, 5.41) is 0.475. The molecule has 2 aromatic rings. The first kappa shape index (κ1) is 11.6. The number of hydrogen-bond acceptors (Lipinski definition) is 0. The second-order valence-corrected chi connectivity index (χ2v) is 4.73. The van der Waals surface area contributed by atoms with Crippen LogP contribution in [-0.4, -0.2) is 0 Å². The number of rotatable bonds is 2. The Kier molecular flexibility index (Phi) is 3.62. The van der Waals surface area contributed by atoms with Crippen molar-refractivity contribution in [2.75, 3.05) is 0 Å². The van der Waals surface area contributed by atoms with Gasteiger partial charge in [-0.15, -0.1) is 0 Å². The van der Waals surface area contributed by atoms with E-state index in [4.69, 9.17) is 11.6 Å². The molecular formula is C13H9BrClF. The van der Waals surface area contributed by atoms with Crippen LogP contribution in [0, 0.1) is 0 Å². The molecular weight excluding hydrogens is 290 g/mol. The van der Waals surface area contributed by atoms with Crippen molar-refractivity contribution in [1.82, 2.24) is 0 Å². The molecule has 0 radical (unpaired) electrons. The van der Waals surface area contributed by atoms with Crippen LogP contribution in [0.15, 0.2) is 46.9 Å². The van der Waals surface area contributed by atoms with E-state index < -0.39 is 6.67 Å². The van der Waals surface area contributed by atoms with Gasteiger partial charge in [-0.25, -0.2) is 4.39 Å². The standard InChI is InChI=1S/C13H9BrClF/c14-10-6-4-9(5-7-10)11-2-1-3-13(15)12(11)8-16/h1-7H,8H2. The zero-order chi connectivity index (χ0) is 11.5. The van der Waals surface area contributed by atoms with Crippen molar-refractivity contribution in [2.45, 2.75) is 6.67 Å². The third-order valence-corrected chi connectivity index (χ3v) is 3.29. The van der Waals surface area contributed by atoms with Crippen LogP contribution in [0.5, 0.6) is 0 Å². The molecule has 0 aliphatic carbocycles. The molecule has 0 aliphatic heterocycles. The zero-order valence-electron chi connectivity index (χ0n) is 8.38. The lowest BCUT2D eigenvalue weighted by Crippen LogP contribution is -1.88. The van der Waals surface area contributed by atoms with E-state index in [-0.39, 0.29) is 0 Å². The predicted molar refractivity (Wildman–Crippen MR) is 69.4 cm³/mol. The Bertz CT molecular complexity index is 494. The van der Waals surface area contributed by atoms with Crippen molar-refractivity contribution >= 4 is 27.5 Å². The van der Waals surface area contributed by atoms with Gasteiger partial charge in [-0.05, 0) is 29.3 Å². The smallest absolute Gasteiger partial charge is 0.117 e. The monoisotopic (exact) mass is 298 g/mol. The zero-order valence-corrected chi connectivity index (χ0v) is 10.7. The van der Waals surface area contributed by atoms with Gasteiger partial charge in [-0.2, -0.15) is 0 Å². The Hall–Kier alpha value is -0.860. The number of alkyl halides is 1. The maximum atomic E-state index is 12.9. The van der Waals surface area contributed by atoms with Crippen LogP contribution in [0.1, 0.15) is 5.56 Å². The molecule has 16 heavy (non-hydrogen) atoms. The summed E-state index contributed by atoms with van der Waals surface area (Å²) in [5.41, 5.74) is 2.37. The Labute approximate surface area is 107 Å². The Morgan fingerprint density at radius 1 is 1.06 bits per heavy atom. The van der Waals surface area contributed by atoms with E-state index in [0.29, 0.717) is 10.6 Å². The first-order valence-electron chi connectivity index (χ1n) is 4.81. The van der Waals surface area contributed by atoms with Crippen molar-refractivity contribution in [2.24, 2.45) is 0 Å². The normalized spacial score (nSPS) is 10.4. The van der Waals surface area contributed by atoms with E-state index in [0.717, 1.165) is 15.6 Å². The summed E-state index contributed by atoms with van der Waals surface area (Å²) in [6.07, 6.45) is 0. The van der Waals surface area contributed by atoms with Gasteiger partial charge in [-0.3, -0.25) is 0 Å². The molecule has 0 heterocycles. The maximum absolute atomic E-state index is 12.9. The fourth-order valence-corrected chi connectivity index (χ4v) is 2.08. The van der Waals surface area contributed by atoms with Gasteiger partial charge in [0.1, 0.15) is 6.67 Å². The van der Waals surface area contributed by atoms with Crippen molar-refractivity contribution < 1.29 is 4.39 Å². The number of halogens is 3. The van der Waals surface area contributed by atoms with Crippen LogP contribution in [-0.2, 0) is 6.67 Å². The average molecular weight is 300 g/mol. The first-order chi connectivity index (χ1) is 7.72. The second kappa shape index (κ2) is 4.98. The molecule has 0 unspecified atom stereocenters. The van der Waals surface area contributed by atoms with E-state index in [1.807, 2.05) is 36.4 Å². The van der Waals surface area contributed by atoms with Gasteiger partial charge in [-0.1, -0.05) is 51.8 Å². The molecule has 0 bridgehead atoms. The van der Waals surface area contributed by atoms with Crippen LogP contribution >= 0.6 is 27.5 Å². The van der Waals surface area contributed by atoms with Crippen LogP contribution in [0.4, 0.5) is 4.39 Å². The van der Waals surface area contributed by atoms with Gasteiger partial charge in [0, 0.05) is 15.1 Å². The minimum absolute atomic E-state index is 0.475. The number of hydrogen-bond donors (Lipinski definition) is 0. The van der Waals surface area contributed by atoms with Crippen LogP contribution in [0.2, 0.25) is 5.02 Å². The molecule has 0 amide bonds. The summed E-state index contributed by atoms with van der Waals surface area (Å²) < 4.78 is 13.9. The van der Waals surface area contributed by atoms with Crippen LogP contribution in [0.3, 0.4) is 0 Å². The van der Waals surface area contributed by atoms with Crippen molar-refractivity contribution in [1.29, 1.82) is 0 Å². The topological polar surface area (TPSA) is 0 Å². The van der Waals surface area contributed by atoms with E-state index in [1.54, 1.807) is 6.07 Å². The molecule has 0 saturated heterocycles. The second-order valence-electron chi connectivity index (χ2n) is 3.41. The van der Waals surface area contributed by atoms with Crippen molar-refractivity contribution in [3.63, 3.8) is 0 Å². The number of benzene rings is 2. The first-order valence-corrected chi connectivity index (χ1v) is 5.99. The Morgan fingerprint density at radius 3 is 2.38 bits per heavy atom. The fraction of sp³-hybridized carbons (Fsp3) is 0.0769. The van der Waals surface area contributed by atoms with E-state index in [1.165, 1.54) is 0 Å². The van der Waals surface area contributed by atoms with Gasteiger partial charge in [0.25, 0.3) is 0 Å². The highest BCUT2D eigenvalue weighted by molar-refractivity contribution is 9.10. The Balaban J connectivity index is 2.55. The lowest BCUT2D eigenvalue weighted by atomic mass is 10.0. The van der Waals surface area contributed by atoms with E-state index in [2.05, 4.69) is 15.9 Å². The molecule has 0 aromatic heterocycles. The lowest BCUT2D eigenvalue weighted by molar-refractivity contribution is 0.486. The highest BCUT2D eigenvalue weighted by Crippen LogP contribution is 2.30. The molecule has 0 nitrogen and oxygen atoms in total. The van der Waals surface area contributed by atoms with Gasteiger partial charge in [0.2, 0.25) is 0 Å². The molecule has 82 valence electrons. The molecule has 0 aliphatic rings. The molecule has 2 rings (SSSR count). The Morgan fingerprint density at radius 2 is 1.75 bits per heavy atom. The summed E-state index contributed by atoms with van der Waals surface area (Å²) >= 11 is 9.33. The molecule has 0 saturated carbocycles. The van der Waals surface area contributed by atoms with Gasteiger partial charge < -0.3 is 0 Å². The minimum atomic E-state index is -0.551. The summed E-state index contributed by atoms with van der Waals surface area (Å²) in [6, 6.07) is 13.2. The third kappa shape index (κ3) is 2.28. The predicted octanol–water partition coefficient (Wildman–Crippen LogP) is 5.24. The summed E-state index contributed by atoms with van der Waals surface area (Å²) in [5.74, 6) is 0. The van der Waals surface area contributed by atoms with Crippen LogP contribution in [0.25, 0.3) is 11.1 Å². The summed E-state index contributed by atoms with van der Waals surface area (Å²) in [7, 11) is 0. The molecule has 0 atom stereocenters. The molecule has 2 aromatic carbocycles. The van der Waals surface area contributed by atoms with E-state index >= 15 is 0 Å². The lowest BCUT2D eigenvalue weighted by Gasteiger charge is -2.08. The molecule has 0 N–H and O–H groups in total. The SMILES string of the molecule is FCc1c(Cl)cccc1-c1ccc(Br)cc1. The minimum Gasteiger partial charge on any atom is -0.246 e. The highest BCUT2D eigenvalue weighted by atomic mass is 79.9. The summed E-state index contributed by atoms with van der Waals surface area (Å²) in [4.78, 5) is 0. The van der Waals surface area contributed by atoms with Crippen molar-refractivity contribution in [3.8, 4) is 11.1 Å². The fourth-order valence-electron chi connectivity index (χ4n) is 1.59. The quantitative estimate of drug-likeness (QED) is 0.711. The summed E-state index contributed by atoms with van der Waals surface area (Å²) in [6.45, 7) is -0.551. The molecule has 0 fully saturated rings. The van der Waals surface area contributed by atoms with Crippen LogP contribution < -0.4 is 0 Å². The van der Waals surface area contributed by atoms with Gasteiger partial charge in [0.05, 0.1) is 0 Å². The third-order valence-electron chi connectivity index (χ3n) is 2.41. The van der Waals surface area contributed by atoms with Crippen molar-refractivity contribution in [3.05, 3.63) is 57.5 Å². The highest BCUT2D eigenvalue weighted by Gasteiger charge is 2.08. The average Bonchev–Trinajstić information content (AvgIpc) is 2.30. The molecule has 0 spiro atoms. The van der Waals surface area contributed by atoms with E-state index in [9.17, 15) is 4.39 Å². The maximum Gasteiger partial charge on any atom is 0.117 e. The molecule has 3 heteroatoms.